The van der Waals surface area contributed by atoms with Crippen molar-refractivity contribution in [3.63, 3.8) is 0 Å². The Hall–Kier alpha value is -2.81. The minimum Gasteiger partial charge on any atom is -0.364 e. The molecule has 3 aliphatic rings. The van der Waals surface area contributed by atoms with E-state index < -0.39 is 34.0 Å². The third kappa shape index (κ3) is 2.15. The molecule has 1 aromatic rings. The Morgan fingerprint density at radius 1 is 1.28 bits per heavy atom. The maximum Gasteiger partial charge on any atom is 0.269 e. The van der Waals surface area contributed by atoms with Crippen molar-refractivity contribution in [2.24, 2.45) is 5.41 Å². The number of fused-ring (bicyclic) bond motifs is 4. The molecule has 2 atom stereocenters. The lowest BCUT2D eigenvalue weighted by Gasteiger charge is -2.52. The SMILES string of the molecule is O=C1CC(=O)C2(Cc3cc([N+](=O)[O-])ccc3N3CCNCC32)C(=O)N1. The molecule has 2 saturated heterocycles. The number of nitro benzene ring substituents is 1. The molecule has 2 N–H and O–H groups in total. The fourth-order valence-corrected chi connectivity index (χ4v) is 4.19. The molecule has 0 bridgehead atoms. The number of piperidine rings is 1. The van der Waals surface area contributed by atoms with Crippen LogP contribution in [0, 0.1) is 15.5 Å². The zero-order valence-electron chi connectivity index (χ0n) is 13.3. The van der Waals surface area contributed by atoms with E-state index in [0.29, 0.717) is 25.2 Å². The van der Waals surface area contributed by atoms with Gasteiger partial charge in [0.15, 0.2) is 5.78 Å². The number of benzene rings is 1. The fraction of sp³-hybridized carbons (Fsp3) is 0.438. The second-order valence-electron chi connectivity index (χ2n) is 6.61. The highest BCUT2D eigenvalue weighted by atomic mass is 16.6. The monoisotopic (exact) mass is 344 g/mol. The number of nitro groups is 1. The molecular weight excluding hydrogens is 328 g/mol. The highest BCUT2D eigenvalue weighted by Crippen LogP contribution is 2.45. The predicted octanol–water partition coefficient (Wildman–Crippen LogP) is -0.469. The average molecular weight is 344 g/mol. The molecule has 1 spiro atoms. The molecule has 9 heteroatoms. The highest BCUT2D eigenvalue weighted by Gasteiger charge is 2.59. The minimum atomic E-state index is -1.40. The second-order valence-corrected chi connectivity index (χ2v) is 6.61. The number of amides is 2. The van der Waals surface area contributed by atoms with E-state index in [1.54, 1.807) is 6.07 Å². The third-order valence-corrected chi connectivity index (χ3v) is 5.34. The summed E-state index contributed by atoms with van der Waals surface area (Å²) in [5.41, 5.74) is -0.0866. The van der Waals surface area contributed by atoms with E-state index in [9.17, 15) is 24.5 Å². The molecule has 0 radical (unpaired) electrons. The van der Waals surface area contributed by atoms with Crippen LogP contribution >= 0.6 is 0 Å². The molecule has 4 rings (SSSR count). The van der Waals surface area contributed by atoms with Gasteiger partial charge in [0, 0.05) is 37.5 Å². The quantitative estimate of drug-likeness (QED) is 0.306. The Morgan fingerprint density at radius 3 is 2.80 bits per heavy atom. The summed E-state index contributed by atoms with van der Waals surface area (Å²) in [6.07, 6.45) is -0.287. The van der Waals surface area contributed by atoms with Crippen LogP contribution in [0.1, 0.15) is 12.0 Å². The van der Waals surface area contributed by atoms with Gasteiger partial charge in [0.05, 0.1) is 17.4 Å². The predicted molar refractivity (Wildman–Crippen MR) is 86.0 cm³/mol. The highest BCUT2D eigenvalue weighted by molar-refractivity contribution is 6.22. The van der Waals surface area contributed by atoms with Crippen molar-refractivity contribution in [1.29, 1.82) is 0 Å². The number of piperazine rings is 1. The number of carbonyl (C=O) groups excluding carboxylic acids is 3. The molecule has 3 heterocycles. The van der Waals surface area contributed by atoms with Crippen LogP contribution in [0.5, 0.6) is 0 Å². The van der Waals surface area contributed by atoms with Crippen molar-refractivity contribution >= 4 is 29.0 Å². The van der Waals surface area contributed by atoms with Crippen LogP contribution in [-0.4, -0.2) is 48.2 Å². The van der Waals surface area contributed by atoms with Crippen LogP contribution in [0.2, 0.25) is 0 Å². The first-order valence-electron chi connectivity index (χ1n) is 8.06. The molecule has 0 aliphatic carbocycles. The Kier molecular flexibility index (Phi) is 3.36. The van der Waals surface area contributed by atoms with E-state index in [4.69, 9.17) is 0 Å². The number of nitrogens with zero attached hydrogens (tertiary/aromatic N) is 2. The van der Waals surface area contributed by atoms with Gasteiger partial charge in [-0.15, -0.1) is 0 Å². The summed E-state index contributed by atoms with van der Waals surface area (Å²) < 4.78 is 0. The van der Waals surface area contributed by atoms with E-state index in [1.165, 1.54) is 12.1 Å². The summed E-state index contributed by atoms with van der Waals surface area (Å²) >= 11 is 0. The minimum absolute atomic E-state index is 0.0603. The van der Waals surface area contributed by atoms with Crippen molar-refractivity contribution in [2.75, 3.05) is 24.5 Å². The Morgan fingerprint density at radius 2 is 2.08 bits per heavy atom. The molecule has 0 aromatic heterocycles. The number of nitrogens with one attached hydrogen (secondary N) is 2. The summed E-state index contributed by atoms with van der Waals surface area (Å²) in [5.74, 6) is -1.62. The largest absolute Gasteiger partial charge is 0.364 e. The summed E-state index contributed by atoms with van der Waals surface area (Å²) in [6, 6.07) is 4.11. The van der Waals surface area contributed by atoms with Gasteiger partial charge in [0.1, 0.15) is 5.41 Å². The Balaban J connectivity index is 1.88. The molecule has 25 heavy (non-hydrogen) atoms. The molecule has 2 fully saturated rings. The zero-order chi connectivity index (χ0) is 17.8. The van der Waals surface area contributed by atoms with Crippen LogP contribution in [0.4, 0.5) is 11.4 Å². The van der Waals surface area contributed by atoms with Crippen LogP contribution in [0.15, 0.2) is 18.2 Å². The average Bonchev–Trinajstić information content (AvgIpc) is 2.58. The Bertz CT molecular complexity index is 801. The van der Waals surface area contributed by atoms with Crippen molar-refractivity contribution in [1.82, 2.24) is 10.6 Å². The van der Waals surface area contributed by atoms with Crippen LogP contribution in [0.3, 0.4) is 0 Å². The molecule has 9 nitrogen and oxygen atoms in total. The summed E-state index contributed by atoms with van der Waals surface area (Å²) in [5, 5.41) is 16.6. The van der Waals surface area contributed by atoms with E-state index >= 15 is 0 Å². The summed E-state index contributed by atoms with van der Waals surface area (Å²) in [4.78, 5) is 49.7. The molecule has 2 unspecified atom stereocenters. The topological polar surface area (TPSA) is 122 Å². The van der Waals surface area contributed by atoms with Gasteiger partial charge in [-0.05, 0) is 18.1 Å². The van der Waals surface area contributed by atoms with E-state index in [1.807, 2.05) is 4.90 Å². The molecule has 0 saturated carbocycles. The van der Waals surface area contributed by atoms with Crippen molar-refractivity contribution in [3.05, 3.63) is 33.9 Å². The lowest BCUT2D eigenvalue weighted by Crippen LogP contribution is -2.71. The lowest BCUT2D eigenvalue weighted by molar-refractivity contribution is -0.384. The van der Waals surface area contributed by atoms with Crippen molar-refractivity contribution < 1.29 is 19.3 Å². The van der Waals surface area contributed by atoms with E-state index in [-0.39, 0.29) is 18.5 Å². The fourth-order valence-electron chi connectivity index (χ4n) is 4.19. The normalized spacial score (nSPS) is 28.4. The van der Waals surface area contributed by atoms with Gasteiger partial charge in [0.25, 0.3) is 5.69 Å². The number of hydrogen-bond donors (Lipinski definition) is 2. The molecule has 3 aliphatic heterocycles. The number of ketones is 1. The zero-order valence-corrected chi connectivity index (χ0v) is 13.3. The van der Waals surface area contributed by atoms with Gasteiger partial charge < -0.3 is 10.2 Å². The second kappa shape index (κ2) is 5.35. The van der Waals surface area contributed by atoms with E-state index in [2.05, 4.69) is 10.6 Å². The van der Waals surface area contributed by atoms with Crippen LogP contribution < -0.4 is 15.5 Å². The van der Waals surface area contributed by atoms with Crippen molar-refractivity contribution in [3.8, 4) is 0 Å². The number of hydrogen-bond acceptors (Lipinski definition) is 7. The van der Waals surface area contributed by atoms with Gasteiger partial charge in [-0.2, -0.15) is 0 Å². The number of anilines is 1. The molecule has 1 aromatic carbocycles. The molecular formula is C16H16N4O5. The van der Waals surface area contributed by atoms with Gasteiger partial charge in [0.2, 0.25) is 11.8 Å². The number of Topliss-reactive ketones (excluding diaryl/α,β-unsaturated/α-hetero) is 1. The van der Waals surface area contributed by atoms with Crippen molar-refractivity contribution in [2.45, 2.75) is 18.9 Å². The van der Waals surface area contributed by atoms with Gasteiger partial charge in [-0.25, -0.2) is 0 Å². The summed E-state index contributed by atoms with van der Waals surface area (Å²) in [7, 11) is 0. The number of carbonyl (C=O) groups is 3. The smallest absolute Gasteiger partial charge is 0.269 e. The number of non-ortho nitro benzene ring substituents is 1. The molecule has 130 valence electrons. The first-order valence-corrected chi connectivity index (χ1v) is 8.06. The summed E-state index contributed by atoms with van der Waals surface area (Å²) in [6.45, 7) is 1.69. The third-order valence-electron chi connectivity index (χ3n) is 5.34. The van der Waals surface area contributed by atoms with Gasteiger partial charge in [-0.3, -0.25) is 29.8 Å². The lowest BCUT2D eigenvalue weighted by atomic mass is 9.65. The van der Waals surface area contributed by atoms with E-state index in [0.717, 1.165) is 5.69 Å². The first-order chi connectivity index (χ1) is 11.9. The standard InChI is InChI=1S/C16H16N4O5/c21-13-6-14(22)18-15(23)16(13)7-9-5-10(20(24)25)1-2-11(9)19-4-3-17-8-12(16)19/h1-2,5,12,17H,3-4,6-8H2,(H,18,22,23). The van der Waals surface area contributed by atoms with Gasteiger partial charge >= 0.3 is 0 Å². The molecule has 2 amide bonds. The van der Waals surface area contributed by atoms with Crippen LogP contribution in [0.25, 0.3) is 0 Å². The number of rotatable bonds is 1. The number of imide groups is 1. The maximum absolute atomic E-state index is 12.8. The maximum atomic E-state index is 12.8. The van der Waals surface area contributed by atoms with Crippen LogP contribution in [-0.2, 0) is 20.8 Å². The van der Waals surface area contributed by atoms with Gasteiger partial charge in [-0.1, -0.05) is 0 Å². The Labute approximate surface area is 142 Å². The first kappa shape index (κ1) is 15.7.